The molecule has 0 unspecified atom stereocenters. The molecular formula is C14H17NO2S. The Labute approximate surface area is 110 Å². The van der Waals surface area contributed by atoms with Gasteiger partial charge in [-0.1, -0.05) is 42.7 Å². The van der Waals surface area contributed by atoms with E-state index >= 15 is 0 Å². The summed E-state index contributed by atoms with van der Waals surface area (Å²) in [6.07, 6.45) is 5.98. The zero-order chi connectivity index (χ0) is 12.6. The molecule has 0 radical (unpaired) electrons. The predicted octanol–water partition coefficient (Wildman–Crippen LogP) is 3.02. The Hall–Kier alpha value is -1.13. The molecule has 0 saturated heterocycles. The third-order valence-electron chi connectivity index (χ3n) is 4.13. The first-order chi connectivity index (χ1) is 8.75. The monoisotopic (exact) mass is 263 g/mol. The van der Waals surface area contributed by atoms with Crippen LogP contribution in [0.25, 0.3) is 10.3 Å². The Balaban J connectivity index is 2.19. The summed E-state index contributed by atoms with van der Waals surface area (Å²) in [7, 11) is 0. The largest absolute Gasteiger partial charge is 0.414 e. The van der Waals surface area contributed by atoms with Crippen LogP contribution in [0.2, 0.25) is 0 Å². The van der Waals surface area contributed by atoms with Crippen LogP contribution in [0.3, 0.4) is 0 Å². The second-order valence-electron chi connectivity index (χ2n) is 5.13. The van der Waals surface area contributed by atoms with E-state index in [1.54, 1.807) is 0 Å². The molecule has 96 valence electrons. The average Bonchev–Trinajstić information content (AvgIpc) is 2.79. The first-order valence-corrected chi connectivity index (χ1v) is 7.30. The van der Waals surface area contributed by atoms with Crippen LogP contribution in [0.5, 0.6) is 0 Å². The van der Waals surface area contributed by atoms with Crippen molar-refractivity contribution in [3.8, 4) is 0 Å². The van der Waals surface area contributed by atoms with E-state index in [4.69, 9.17) is 10.2 Å². The molecule has 0 bridgehead atoms. The van der Waals surface area contributed by atoms with Crippen molar-refractivity contribution in [3.63, 3.8) is 0 Å². The molecule has 1 saturated carbocycles. The van der Waals surface area contributed by atoms with Crippen LogP contribution in [0.4, 0.5) is 0 Å². The number of nitrogens with two attached hydrogens (primary N) is 1. The maximum Gasteiger partial charge on any atom is 0.396 e. The van der Waals surface area contributed by atoms with Gasteiger partial charge in [0.1, 0.15) is 5.58 Å². The highest BCUT2D eigenvalue weighted by Gasteiger charge is 2.34. The van der Waals surface area contributed by atoms with Gasteiger partial charge in [-0.3, -0.25) is 0 Å². The van der Waals surface area contributed by atoms with Gasteiger partial charge in [-0.05, 0) is 24.5 Å². The summed E-state index contributed by atoms with van der Waals surface area (Å²) in [6.45, 7) is 0.651. The van der Waals surface area contributed by atoms with Gasteiger partial charge < -0.3 is 10.2 Å². The first kappa shape index (κ1) is 11.9. The summed E-state index contributed by atoms with van der Waals surface area (Å²) in [5, 5.41) is 0. The number of hydrogen-bond acceptors (Lipinski definition) is 4. The SMILES string of the molecule is NCC1(c2cccc3oc(=O)sc23)CCCCC1. The quantitative estimate of drug-likeness (QED) is 0.906. The minimum atomic E-state index is -0.222. The lowest BCUT2D eigenvalue weighted by Gasteiger charge is -2.36. The zero-order valence-electron chi connectivity index (χ0n) is 10.3. The summed E-state index contributed by atoms with van der Waals surface area (Å²) < 4.78 is 6.21. The normalized spacial score (nSPS) is 19.2. The number of hydrogen-bond donors (Lipinski definition) is 1. The zero-order valence-corrected chi connectivity index (χ0v) is 11.1. The van der Waals surface area contributed by atoms with Gasteiger partial charge in [0.2, 0.25) is 0 Å². The number of fused-ring (bicyclic) bond motifs is 1. The molecule has 18 heavy (non-hydrogen) atoms. The van der Waals surface area contributed by atoms with Gasteiger partial charge in [0.15, 0.2) is 0 Å². The van der Waals surface area contributed by atoms with E-state index in [0.717, 1.165) is 17.5 Å². The van der Waals surface area contributed by atoms with Crippen molar-refractivity contribution in [3.05, 3.63) is 33.5 Å². The Kier molecular flexibility index (Phi) is 2.99. The maximum absolute atomic E-state index is 11.4. The molecule has 1 fully saturated rings. The van der Waals surface area contributed by atoms with E-state index in [0.29, 0.717) is 12.1 Å². The second-order valence-corrected chi connectivity index (χ2v) is 6.08. The van der Waals surface area contributed by atoms with Crippen LogP contribution < -0.4 is 10.7 Å². The topological polar surface area (TPSA) is 56.2 Å². The molecular weight excluding hydrogens is 246 g/mol. The fourth-order valence-electron chi connectivity index (χ4n) is 3.13. The lowest BCUT2D eigenvalue weighted by atomic mass is 9.69. The van der Waals surface area contributed by atoms with Crippen molar-refractivity contribution in [1.29, 1.82) is 0 Å². The molecule has 1 aliphatic carbocycles. The lowest BCUT2D eigenvalue weighted by Crippen LogP contribution is -2.37. The Morgan fingerprint density at radius 1 is 1.28 bits per heavy atom. The molecule has 1 aliphatic rings. The highest BCUT2D eigenvalue weighted by molar-refractivity contribution is 7.16. The van der Waals surface area contributed by atoms with Crippen LogP contribution in [-0.4, -0.2) is 6.54 Å². The average molecular weight is 263 g/mol. The molecule has 0 amide bonds. The predicted molar refractivity (Wildman–Crippen MR) is 74.2 cm³/mol. The summed E-state index contributed by atoms with van der Waals surface area (Å²) in [4.78, 5) is 11.2. The van der Waals surface area contributed by atoms with E-state index in [9.17, 15) is 4.79 Å². The Morgan fingerprint density at radius 2 is 2.06 bits per heavy atom. The van der Waals surface area contributed by atoms with Gasteiger partial charge >= 0.3 is 4.94 Å². The smallest absolute Gasteiger partial charge is 0.396 e. The minimum Gasteiger partial charge on any atom is -0.414 e. The third-order valence-corrected chi connectivity index (χ3v) is 5.01. The molecule has 0 atom stereocenters. The van der Waals surface area contributed by atoms with Gasteiger partial charge in [0.25, 0.3) is 0 Å². The van der Waals surface area contributed by atoms with Crippen molar-refractivity contribution < 1.29 is 4.42 Å². The van der Waals surface area contributed by atoms with Crippen LogP contribution in [0.1, 0.15) is 37.7 Å². The first-order valence-electron chi connectivity index (χ1n) is 6.48. The fraction of sp³-hybridized carbons (Fsp3) is 0.500. The number of benzene rings is 1. The van der Waals surface area contributed by atoms with E-state index in [-0.39, 0.29) is 10.4 Å². The van der Waals surface area contributed by atoms with Gasteiger partial charge in [0, 0.05) is 12.0 Å². The molecule has 0 aliphatic heterocycles. The van der Waals surface area contributed by atoms with Crippen molar-refractivity contribution >= 4 is 21.6 Å². The minimum absolute atomic E-state index is 0.0462. The molecule has 3 rings (SSSR count). The van der Waals surface area contributed by atoms with Crippen molar-refractivity contribution in [1.82, 2.24) is 0 Å². The Morgan fingerprint density at radius 3 is 2.78 bits per heavy atom. The molecule has 1 aromatic heterocycles. The fourth-order valence-corrected chi connectivity index (χ4v) is 4.03. The standard InChI is InChI=1S/C14H17NO2S/c15-9-14(7-2-1-3-8-14)10-5-4-6-11-12(10)18-13(16)17-11/h4-6H,1-3,7-9,15H2. The molecule has 4 heteroatoms. The highest BCUT2D eigenvalue weighted by atomic mass is 32.1. The van der Waals surface area contributed by atoms with Crippen LogP contribution in [0, 0.1) is 0 Å². The summed E-state index contributed by atoms with van der Waals surface area (Å²) in [5.41, 5.74) is 8.04. The van der Waals surface area contributed by atoms with Gasteiger partial charge in [-0.2, -0.15) is 0 Å². The Bertz CT molecular complexity index is 608. The van der Waals surface area contributed by atoms with E-state index in [2.05, 4.69) is 6.07 Å². The van der Waals surface area contributed by atoms with Crippen LogP contribution >= 0.6 is 11.3 Å². The lowest BCUT2D eigenvalue weighted by molar-refractivity contribution is 0.303. The molecule has 2 N–H and O–H groups in total. The van der Waals surface area contributed by atoms with Crippen molar-refractivity contribution in [2.45, 2.75) is 37.5 Å². The summed E-state index contributed by atoms with van der Waals surface area (Å²) in [5.74, 6) is 0. The molecule has 1 heterocycles. The van der Waals surface area contributed by atoms with E-state index < -0.39 is 0 Å². The van der Waals surface area contributed by atoms with Crippen LogP contribution in [-0.2, 0) is 5.41 Å². The maximum atomic E-state index is 11.4. The highest BCUT2D eigenvalue weighted by Crippen LogP contribution is 2.42. The van der Waals surface area contributed by atoms with Crippen LogP contribution in [0.15, 0.2) is 27.4 Å². The molecule has 1 aromatic carbocycles. The van der Waals surface area contributed by atoms with Crippen molar-refractivity contribution in [2.24, 2.45) is 5.73 Å². The van der Waals surface area contributed by atoms with Crippen molar-refractivity contribution in [2.75, 3.05) is 6.54 Å². The third kappa shape index (κ3) is 1.80. The van der Waals surface area contributed by atoms with E-state index in [1.165, 1.54) is 36.2 Å². The van der Waals surface area contributed by atoms with E-state index in [1.807, 2.05) is 12.1 Å². The second kappa shape index (κ2) is 4.52. The molecule has 0 spiro atoms. The van der Waals surface area contributed by atoms with Gasteiger partial charge in [-0.15, -0.1) is 0 Å². The molecule has 3 nitrogen and oxygen atoms in total. The number of rotatable bonds is 2. The molecule has 2 aromatic rings. The summed E-state index contributed by atoms with van der Waals surface area (Å²) in [6, 6.07) is 5.95. The van der Waals surface area contributed by atoms with Gasteiger partial charge in [-0.25, -0.2) is 4.79 Å². The van der Waals surface area contributed by atoms with Gasteiger partial charge in [0.05, 0.1) is 4.70 Å². The summed E-state index contributed by atoms with van der Waals surface area (Å²) >= 11 is 1.21.